The van der Waals surface area contributed by atoms with Crippen molar-refractivity contribution in [1.29, 1.82) is 0 Å². The van der Waals surface area contributed by atoms with E-state index >= 15 is 0 Å². The van der Waals surface area contributed by atoms with Crippen molar-refractivity contribution in [3.63, 3.8) is 0 Å². The molecule has 2 aromatic rings. The van der Waals surface area contributed by atoms with E-state index in [1.165, 1.54) is 0 Å². The minimum Gasteiger partial charge on any atom is -0.396 e. The number of nitrogens with zero attached hydrogens (tertiary/aromatic N) is 1. The zero-order valence-corrected chi connectivity index (χ0v) is 12.4. The normalized spacial score (nSPS) is 10.5. The minimum absolute atomic E-state index is 0.208. The van der Waals surface area contributed by atoms with Crippen molar-refractivity contribution >= 4 is 17.7 Å². The smallest absolute Gasteiger partial charge is 0.289 e. The highest BCUT2D eigenvalue weighted by molar-refractivity contribution is 7.99. The molecule has 0 unspecified atom stereocenters. The van der Waals surface area contributed by atoms with Crippen LogP contribution in [0.15, 0.2) is 40.9 Å². The van der Waals surface area contributed by atoms with Gasteiger partial charge in [0, 0.05) is 30.5 Å². The van der Waals surface area contributed by atoms with Gasteiger partial charge in [0.05, 0.1) is 0 Å². The lowest BCUT2D eigenvalue weighted by Gasteiger charge is -2.02. The van der Waals surface area contributed by atoms with Gasteiger partial charge in [-0.3, -0.25) is 4.79 Å². The maximum Gasteiger partial charge on any atom is 0.289 e. The van der Waals surface area contributed by atoms with Crippen molar-refractivity contribution in [2.24, 2.45) is 0 Å². The first-order valence-electron chi connectivity index (χ1n) is 6.80. The Kier molecular flexibility index (Phi) is 6.30. The van der Waals surface area contributed by atoms with E-state index in [-0.39, 0.29) is 18.3 Å². The molecule has 0 spiro atoms. The van der Waals surface area contributed by atoms with Crippen LogP contribution in [-0.2, 0) is 0 Å². The van der Waals surface area contributed by atoms with Crippen LogP contribution in [0.1, 0.15) is 17.0 Å². The molecule has 1 amide bonds. The van der Waals surface area contributed by atoms with Crippen LogP contribution in [0.4, 0.5) is 0 Å². The minimum atomic E-state index is -0.257. The van der Waals surface area contributed by atoms with Crippen molar-refractivity contribution in [2.75, 3.05) is 24.7 Å². The Bertz CT molecular complexity index is 557. The van der Waals surface area contributed by atoms with E-state index in [2.05, 4.69) is 10.5 Å². The first kappa shape index (κ1) is 15.6. The monoisotopic (exact) mass is 306 g/mol. The molecule has 2 N–H and O–H groups in total. The Morgan fingerprint density at radius 1 is 1.29 bits per heavy atom. The summed E-state index contributed by atoms with van der Waals surface area (Å²) in [4.78, 5) is 11.9. The third kappa shape index (κ3) is 4.91. The van der Waals surface area contributed by atoms with Crippen LogP contribution < -0.4 is 5.32 Å². The van der Waals surface area contributed by atoms with Gasteiger partial charge in [-0.2, -0.15) is 11.8 Å². The predicted molar refractivity (Wildman–Crippen MR) is 83.3 cm³/mol. The maximum atomic E-state index is 11.9. The molecule has 0 radical (unpaired) electrons. The number of amides is 1. The van der Waals surface area contributed by atoms with Crippen LogP contribution in [0, 0.1) is 0 Å². The van der Waals surface area contributed by atoms with Crippen molar-refractivity contribution in [2.45, 2.75) is 6.42 Å². The fourth-order valence-electron chi connectivity index (χ4n) is 1.72. The Morgan fingerprint density at radius 2 is 2.10 bits per heavy atom. The van der Waals surface area contributed by atoms with E-state index in [0.29, 0.717) is 12.2 Å². The van der Waals surface area contributed by atoms with Gasteiger partial charge in [0.2, 0.25) is 5.76 Å². The molecule has 0 aliphatic heterocycles. The van der Waals surface area contributed by atoms with Crippen molar-refractivity contribution in [3.05, 3.63) is 42.2 Å². The number of benzene rings is 1. The maximum absolute atomic E-state index is 11.9. The number of hydrogen-bond acceptors (Lipinski definition) is 5. The molecule has 0 bridgehead atoms. The van der Waals surface area contributed by atoms with Gasteiger partial charge in [-0.05, 0) is 12.2 Å². The number of aliphatic hydroxyl groups is 1. The second-order valence-electron chi connectivity index (χ2n) is 4.39. The Labute approximate surface area is 127 Å². The van der Waals surface area contributed by atoms with Gasteiger partial charge in [-0.15, -0.1) is 0 Å². The molecular weight excluding hydrogens is 288 g/mol. The number of nitrogens with one attached hydrogen (secondary N) is 1. The summed E-state index contributed by atoms with van der Waals surface area (Å²) in [7, 11) is 0. The van der Waals surface area contributed by atoms with Gasteiger partial charge in [0.15, 0.2) is 0 Å². The van der Waals surface area contributed by atoms with Crippen LogP contribution in [0.2, 0.25) is 0 Å². The molecule has 0 aliphatic rings. The quantitative estimate of drug-likeness (QED) is 0.731. The van der Waals surface area contributed by atoms with Gasteiger partial charge < -0.3 is 14.9 Å². The molecule has 6 heteroatoms. The average molecular weight is 306 g/mol. The van der Waals surface area contributed by atoms with E-state index in [0.717, 1.165) is 23.5 Å². The van der Waals surface area contributed by atoms with Crippen molar-refractivity contribution in [3.8, 4) is 11.3 Å². The van der Waals surface area contributed by atoms with Crippen LogP contribution in [-0.4, -0.2) is 40.8 Å². The molecule has 1 aromatic carbocycles. The second-order valence-corrected chi connectivity index (χ2v) is 5.61. The molecule has 112 valence electrons. The molecule has 0 atom stereocenters. The topological polar surface area (TPSA) is 75.4 Å². The standard InChI is InChI=1S/C15H18N2O3S/c18-8-4-9-21-10-7-16-15(19)14-11-13(17-20-14)12-5-2-1-3-6-12/h1-3,5-6,11,18H,4,7-10H2,(H,16,19). The van der Waals surface area contributed by atoms with Crippen LogP contribution in [0.25, 0.3) is 11.3 Å². The summed E-state index contributed by atoms with van der Waals surface area (Å²) in [5.41, 5.74) is 1.57. The number of aliphatic hydroxyl groups excluding tert-OH is 1. The number of carbonyl (C=O) groups excluding carboxylic acids is 1. The summed E-state index contributed by atoms with van der Waals surface area (Å²) in [6.07, 6.45) is 0.779. The summed E-state index contributed by atoms with van der Waals surface area (Å²) >= 11 is 1.70. The summed E-state index contributed by atoms with van der Waals surface area (Å²) in [5, 5.41) is 15.3. The molecule has 0 fully saturated rings. The zero-order valence-electron chi connectivity index (χ0n) is 11.6. The van der Waals surface area contributed by atoms with Gasteiger partial charge in [0.25, 0.3) is 5.91 Å². The van der Waals surface area contributed by atoms with Gasteiger partial charge in [-0.25, -0.2) is 0 Å². The highest BCUT2D eigenvalue weighted by atomic mass is 32.2. The van der Waals surface area contributed by atoms with Gasteiger partial charge in [-0.1, -0.05) is 35.5 Å². The van der Waals surface area contributed by atoms with E-state index in [1.807, 2.05) is 30.3 Å². The number of thioether (sulfide) groups is 1. The van der Waals surface area contributed by atoms with E-state index in [1.54, 1.807) is 17.8 Å². The molecule has 1 heterocycles. The number of carbonyl (C=O) groups is 1. The molecule has 2 rings (SSSR count). The largest absolute Gasteiger partial charge is 0.396 e. The van der Waals surface area contributed by atoms with E-state index in [9.17, 15) is 4.79 Å². The summed E-state index contributed by atoms with van der Waals surface area (Å²) in [5.74, 6) is 1.67. The zero-order chi connectivity index (χ0) is 14.9. The SMILES string of the molecule is O=C(NCCSCCCO)c1cc(-c2ccccc2)no1. The lowest BCUT2D eigenvalue weighted by molar-refractivity contribution is 0.0919. The van der Waals surface area contributed by atoms with Gasteiger partial charge >= 0.3 is 0 Å². The fourth-order valence-corrected chi connectivity index (χ4v) is 2.50. The van der Waals surface area contributed by atoms with Crippen LogP contribution in [0.5, 0.6) is 0 Å². The molecule has 0 aliphatic carbocycles. The third-order valence-corrected chi connectivity index (χ3v) is 3.85. The molecule has 0 saturated heterocycles. The first-order valence-corrected chi connectivity index (χ1v) is 7.95. The lowest BCUT2D eigenvalue weighted by Crippen LogP contribution is -2.25. The lowest BCUT2D eigenvalue weighted by atomic mass is 10.1. The highest BCUT2D eigenvalue weighted by Crippen LogP contribution is 2.18. The van der Waals surface area contributed by atoms with Gasteiger partial charge in [0.1, 0.15) is 5.69 Å². The Hall–Kier alpha value is -1.79. The fraction of sp³-hybridized carbons (Fsp3) is 0.333. The molecule has 1 aromatic heterocycles. The highest BCUT2D eigenvalue weighted by Gasteiger charge is 2.13. The summed E-state index contributed by atoms with van der Waals surface area (Å²) in [6, 6.07) is 11.2. The van der Waals surface area contributed by atoms with Crippen molar-refractivity contribution < 1.29 is 14.4 Å². The van der Waals surface area contributed by atoms with Crippen LogP contribution in [0.3, 0.4) is 0 Å². The molecule has 0 saturated carbocycles. The molecule has 21 heavy (non-hydrogen) atoms. The Balaban J connectivity index is 1.80. The van der Waals surface area contributed by atoms with Crippen LogP contribution >= 0.6 is 11.8 Å². The molecule has 5 nitrogen and oxygen atoms in total. The predicted octanol–water partition coefficient (Wildman–Crippen LogP) is 2.19. The Morgan fingerprint density at radius 3 is 2.86 bits per heavy atom. The number of rotatable bonds is 8. The number of aromatic nitrogens is 1. The van der Waals surface area contributed by atoms with E-state index < -0.39 is 0 Å². The summed E-state index contributed by atoms with van der Waals surface area (Å²) in [6.45, 7) is 0.774. The second kappa shape index (κ2) is 8.49. The number of hydrogen-bond donors (Lipinski definition) is 2. The average Bonchev–Trinajstić information content (AvgIpc) is 3.01. The first-order chi connectivity index (χ1) is 10.3. The van der Waals surface area contributed by atoms with Crippen molar-refractivity contribution in [1.82, 2.24) is 10.5 Å². The third-order valence-electron chi connectivity index (χ3n) is 2.78. The summed E-state index contributed by atoms with van der Waals surface area (Å²) < 4.78 is 5.07. The molecular formula is C15H18N2O3S. The van der Waals surface area contributed by atoms with E-state index in [4.69, 9.17) is 9.63 Å².